The summed E-state index contributed by atoms with van der Waals surface area (Å²) in [6.07, 6.45) is 0. The minimum atomic E-state index is -0.597. The van der Waals surface area contributed by atoms with Crippen LogP contribution in [0.3, 0.4) is 0 Å². The molecule has 8 aromatic rings. The molecule has 0 radical (unpaired) electrons. The maximum atomic E-state index is 2.42. The monoisotopic (exact) mass is 666 g/mol. The molecule has 0 spiro atoms. The molecule has 0 aliphatic carbocycles. The molecule has 0 amide bonds. The number of nitrogens with zero attached hydrogens (tertiary/aromatic N) is 2. The maximum Gasteiger partial charge on any atom is 0.0743 e. The number of hydrogen-bond donors (Lipinski definition) is 0. The Morgan fingerprint density at radius 2 is 0.865 bits per heavy atom. The fraction of sp³-hybridized carbons (Fsp3) is 0.0400. The summed E-state index contributed by atoms with van der Waals surface area (Å²) in [4.78, 5) is 4.80. The Kier molecular flexibility index (Phi) is 7.98. The lowest BCUT2D eigenvalue weighted by molar-refractivity contribution is 0.730. The van der Waals surface area contributed by atoms with E-state index in [9.17, 15) is 0 Å². The second-order valence-electron chi connectivity index (χ2n) is 13.5. The first-order valence-electron chi connectivity index (χ1n) is 17.9. The smallest absolute Gasteiger partial charge is 0.0743 e. The number of hydrogen-bond acceptors (Lipinski definition) is 2. The van der Waals surface area contributed by atoms with Crippen molar-refractivity contribution in [2.45, 2.75) is 12.3 Å². The van der Waals surface area contributed by atoms with Gasteiger partial charge in [-0.1, -0.05) is 157 Å². The summed E-state index contributed by atoms with van der Waals surface area (Å²) in [7, 11) is 0. The van der Waals surface area contributed by atoms with Crippen LogP contribution in [0.5, 0.6) is 0 Å². The SMILES string of the molecule is Cc1cccc(C2(c3cccc(N(c4ccccc4)c4ccc(-c5ccccc5)cc4)c3)c3ccccc3N(c3ccccc3)c3ccccc32)c1. The van der Waals surface area contributed by atoms with E-state index in [-0.39, 0.29) is 0 Å². The summed E-state index contributed by atoms with van der Waals surface area (Å²) in [6.45, 7) is 2.20. The topological polar surface area (TPSA) is 6.48 Å². The Hall–Kier alpha value is -6.64. The van der Waals surface area contributed by atoms with Crippen molar-refractivity contribution < 1.29 is 0 Å². The minimum absolute atomic E-state index is 0.597. The van der Waals surface area contributed by atoms with Crippen LogP contribution in [-0.2, 0) is 5.41 Å². The van der Waals surface area contributed by atoms with Crippen LogP contribution in [0.15, 0.2) is 212 Å². The van der Waals surface area contributed by atoms with Gasteiger partial charge in [-0.05, 0) is 101 Å². The summed E-state index contributed by atoms with van der Waals surface area (Å²) < 4.78 is 0. The van der Waals surface area contributed by atoms with Crippen LogP contribution < -0.4 is 9.80 Å². The third kappa shape index (κ3) is 5.28. The predicted molar refractivity (Wildman–Crippen MR) is 218 cm³/mol. The molecule has 0 saturated carbocycles. The van der Waals surface area contributed by atoms with Crippen LogP contribution in [0.25, 0.3) is 11.1 Å². The third-order valence-corrected chi connectivity index (χ3v) is 10.3. The Bertz CT molecular complexity index is 2420. The van der Waals surface area contributed by atoms with E-state index in [1.165, 1.54) is 50.3 Å². The van der Waals surface area contributed by atoms with Crippen molar-refractivity contribution >= 4 is 34.1 Å². The van der Waals surface area contributed by atoms with Crippen molar-refractivity contribution in [1.82, 2.24) is 0 Å². The molecule has 248 valence electrons. The zero-order valence-corrected chi connectivity index (χ0v) is 29.1. The summed E-state index contributed by atoms with van der Waals surface area (Å²) in [5, 5.41) is 0. The average molecular weight is 667 g/mol. The van der Waals surface area contributed by atoms with E-state index in [1.807, 2.05) is 0 Å². The fourth-order valence-corrected chi connectivity index (χ4v) is 8.10. The second-order valence-corrected chi connectivity index (χ2v) is 13.5. The van der Waals surface area contributed by atoms with Crippen LogP contribution >= 0.6 is 0 Å². The van der Waals surface area contributed by atoms with E-state index in [1.54, 1.807) is 0 Å². The van der Waals surface area contributed by atoms with Gasteiger partial charge in [0.05, 0.1) is 16.8 Å². The van der Waals surface area contributed by atoms with Gasteiger partial charge in [0.15, 0.2) is 0 Å². The number of aryl methyl sites for hydroxylation is 1. The zero-order valence-electron chi connectivity index (χ0n) is 29.1. The number of anilines is 6. The first-order chi connectivity index (χ1) is 25.7. The first-order valence-corrected chi connectivity index (χ1v) is 17.9. The van der Waals surface area contributed by atoms with Crippen LogP contribution in [0.4, 0.5) is 34.1 Å². The molecule has 2 heteroatoms. The number of fused-ring (bicyclic) bond motifs is 2. The van der Waals surface area contributed by atoms with Gasteiger partial charge in [-0.15, -0.1) is 0 Å². The highest BCUT2D eigenvalue weighted by Crippen LogP contribution is 2.58. The molecule has 0 N–H and O–H groups in total. The molecule has 0 bridgehead atoms. The zero-order chi connectivity index (χ0) is 34.9. The van der Waals surface area contributed by atoms with E-state index in [0.29, 0.717) is 0 Å². The van der Waals surface area contributed by atoms with Gasteiger partial charge in [0.1, 0.15) is 0 Å². The molecule has 1 aliphatic heterocycles. The summed E-state index contributed by atoms with van der Waals surface area (Å²) in [5.74, 6) is 0. The van der Waals surface area contributed by atoms with Crippen LogP contribution in [0, 0.1) is 6.92 Å². The normalized spacial score (nSPS) is 12.8. The van der Waals surface area contributed by atoms with Crippen molar-refractivity contribution in [2.75, 3.05) is 9.80 Å². The van der Waals surface area contributed by atoms with E-state index in [2.05, 4.69) is 229 Å². The predicted octanol–water partition coefficient (Wildman–Crippen LogP) is 13.3. The lowest BCUT2D eigenvalue weighted by Gasteiger charge is -2.46. The molecule has 1 aliphatic rings. The Morgan fingerprint density at radius 1 is 0.385 bits per heavy atom. The number of benzene rings is 8. The highest BCUT2D eigenvalue weighted by atomic mass is 15.2. The average Bonchev–Trinajstić information content (AvgIpc) is 3.21. The maximum absolute atomic E-state index is 2.42. The highest BCUT2D eigenvalue weighted by Gasteiger charge is 2.46. The van der Waals surface area contributed by atoms with Crippen LogP contribution in [0.1, 0.15) is 27.8 Å². The van der Waals surface area contributed by atoms with Crippen LogP contribution in [-0.4, -0.2) is 0 Å². The first kappa shape index (κ1) is 31.3. The summed E-state index contributed by atoms with van der Waals surface area (Å²) in [5.41, 5.74) is 14.8. The molecule has 0 saturated heterocycles. The van der Waals surface area contributed by atoms with Gasteiger partial charge in [0.2, 0.25) is 0 Å². The molecule has 0 aromatic heterocycles. The summed E-state index contributed by atoms with van der Waals surface area (Å²) in [6, 6.07) is 77.1. The van der Waals surface area contributed by atoms with Gasteiger partial charge in [-0.25, -0.2) is 0 Å². The van der Waals surface area contributed by atoms with E-state index >= 15 is 0 Å². The molecular weight excluding hydrogens is 629 g/mol. The van der Waals surface area contributed by atoms with Crippen molar-refractivity contribution in [3.05, 3.63) is 240 Å². The lowest BCUT2D eigenvalue weighted by atomic mass is 9.62. The molecule has 0 fully saturated rings. The van der Waals surface area contributed by atoms with Crippen molar-refractivity contribution in [3.63, 3.8) is 0 Å². The van der Waals surface area contributed by atoms with Gasteiger partial charge in [0, 0.05) is 22.7 Å². The van der Waals surface area contributed by atoms with Crippen molar-refractivity contribution in [2.24, 2.45) is 0 Å². The summed E-state index contributed by atoms with van der Waals surface area (Å²) >= 11 is 0. The van der Waals surface area contributed by atoms with E-state index in [0.717, 1.165) is 22.7 Å². The Labute approximate surface area is 306 Å². The quantitative estimate of drug-likeness (QED) is 0.167. The molecule has 8 aromatic carbocycles. The molecule has 2 nitrogen and oxygen atoms in total. The van der Waals surface area contributed by atoms with Gasteiger partial charge in [0.25, 0.3) is 0 Å². The highest BCUT2D eigenvalue weighted by molar-refractivity contribution is 5.90. The lowest BCUT2D eigenvalue weighted by Crippen LogP contribution is -2.37. The Balaban J connectivity index is 1.29. The minimum Gasteiger partial charge on any atom is -0.310 e. The molecule has 0 unspecified atom stereocenters. The number of rotatable bonds is 7. The standard InChI is InChI=1S/C50H38N2/c1-37-17-15-20-40(35-37)50(46-27-11-13-29-48(46)52(43-24-9-4-10-25-43)49-30-14-12-28-47(49)50)41-21-16-26-45(36-41)51(42-22-7-3-8-23-42)44-33-31-39(32-34-44)38-18-5-2-6-19-38/h2-36H,1H3. The largest absolute Gasteiger partial charge is 0.310 e. The van der Waals surface area contributed by atoms with Crippen molar-refractivity contribution in [1.29, 1.82) is 0 Å². The molecular formula is C50H38N2. The van der Waals surface area contributed by atoms with E-state index in [4.69, 9.17) is 0 Å². The van der Waals surface area contributed by atoms with Gasteiger partial charge < -0.3 is 9.80 Å². The van der Waals surface area contributed by atoms with Gasteiger partial charge in [-0.3, -0.25) is 0 Å². The molecule has 9 rings (SSSR count). The molecule has 52 heavy (non-hydrogen) atoms. The number of para-hydroxylation sites is 4. The van der Waals surface area contributed by atoms with Crippen LogP contribution in [0.2, 0.25) is 0 Å². The fourth-order valence-electron chi connectivity index (χ4n) is 8.10. The molecule has 1 heterocycles. The van der Waals surface area contributed by atoms with Crippen molar-refractivity contribution in [3.8, 4) is 11.1 Å². The van der Waals surface area contributed by atoms with Gasteiger partial charge >= 0.3 is 0 Å². The third-order valence-electron chi connectivity index (χ3n) is 10.3. The molecule has 0 atom stereocenters. The second kappa shape index (κ2) is 13.2. The van der Waals surface area contributed by atoms with Gasteiger partial charge in [-0.2, -0.15) is 0 Å². The Morgan fingerprint density at radius 3 is 1.50 bits per heavy atom. The van der Waals surface area contributed by atoms with E-state index < -0.39 is 5.41 Å².